The molecule has 2 amide bonds. The van der Waals surface area contributed by atoms with E-state index in [4.69, 9.17) is 9.15 Å². The monoisotopic (exact) mass is 446 g/mol. The van der Waals surface area contributed by atoms with Crippen LogP contribution < -0.4 is 15.0 Å². The number of ether oxygens (including phenoxy) is 1. The molecule has 8 heteroatoms. The van der Waals surface area contributed by atoms with Gasteiger partial charge in [-0.05, 0) is 67.6 Å². The number of benzene rings is 2. The molecule has 4 rings (SSSR count). The number of nitrogens with one attached hydrogen (secondary N) is 1. The van der Waals surface area contributed by atoms with Gasteiger partial charge in [-0.25, -0.2) is 0 Å². The number of carbonyl (C=O) groups excluding carboxylic acids is 3. The summed E-state index contributed by atoms with van der Waals surface area (Å²) in [6, 6.07) is 15.4. The molecular formula is C25H22N2O6. The zero-order valence-electron chi connectivity index (χ0n) is 18.1. The Hall–Kier alpha value is -4.33. The number of rotatable bonds is 6. The van der Waals surface area contributed by atoms with Crippen molar-refractivity contribution < 1.29 is 28.6 Å². The summed E-state index contributed by atoms with van der Waals surface area (Å²) in [6.45, 7) is 3.75. The molecule has 1 aliphatic rings. The summed E-state index contributed by atoms with van der Waals surface area (Å²) in [5.74, 6) is -1.21. The molecule has 0 bridgehead atoms. The van der Waals surface area contributed by atoms with Crippen LogP contribution in [0, 0.1) is 0 Å². The Morgan fingerprint density at radius 2 is 1.79 bits per heavy atom. The van der Waals surface area contributed by atoms with Gasteiger partial charge in [-0.2, -0.15) is 0 Å². The fourth-order valence-electron chi connectivity index (χ4n) is 3.75. The molecule has 0 aliphatic carbocycles. The molecule has 3 aromatic rings. The third-order valence-corrected chi connectivity index (χ3v) is 5.16. The van der Waals surface area contributed by atoms with Crippen LogP contribution >= 0.6 is 0 Å². The van der Waals surface area contributed by atoms with E-state index in [0.717, 1.165) is 0 Å². The van der Waals surface area contributed by atoms with Crippen LogP contribution in [-0.4, -0.2) is 29.3 Å². The van der Waals surface area contributed by atoms with Gasteiger partial charge in [0.25, 0.3) is 11.7 Å². The molecule has 0 spiro atoms. The van der Waals surface area contributed by atoms with E-state index in [1.165, 1.54) is 18.1 Å². The summed E-state index contributed by atoms with van der Waals surface area (Å²) in [5.41, 5.74) is 1.25. The minimum atomic E-state index is -0.960. The van der Waals surface area contributed by atoms with Gasteiger partial charge in [0.15, 0.2) is 0 Å². The van der Waals surface area contributed by atoms with Crippen molar-refractivity contribution in [3.05, 3.63) is 83.8 Å². The van der Waals surface area contributed by atoms with Crippen LogP contribution in [0.5, 0.6) is 5.75 Å². The zero-order chi connectivity index (χ0) is 23.5. The number of amides is 2. The van der Waals surface area contributed by atoms with Crippen molar-refractivity contribution in [3.8, 4) is 5.75 Å². The lowest BCUT2D eigenvalue weighted by Crippen LogP contribution is -2.29. The Morgan fingerprint density at radius 1 is 1.09 bits per heavy atom. The van der Waals surface area contributed by atoms with Crippen molar-refractivity contribution >= 4 is 34.7 Å². The van der Waals surface area contributed by atoms with Gasteiger partial charge in [0, 0.05) is 23.9 Å². The zero-order valence-corrected chi connectivity index (χ0v) is 18.1. The largest absolute Gasteiger partial charge is 0.507 e. The van der Waals surface area contributed by atoms with E-state index < -0.39 is 17.7 Å². The number of hydrogen-bond donors (Lipinski definition) is 2. The molecule has 0 radical (unpaired) electrons. The Bertz CT molecular complexity index is 1210. The van der Waals surface area contributed by atoms with Gasteiger partial charge in [0.1, 0.15) is 23.3 Å². The highest BCUT2D eigenvalue weighted by atomic mass is 16.5. The summed E-state index contributed by atoms with van der Waals surface area (Å²) >= 11 is 0. The minimum Gasteiger partial charge on any atom is -0.507 e. The van der Waals surface area contributed by atoms with Crippen molar-refractivity contribution in [3.63, 3.8) is 0 Å². The standard InChI is InChI=1S/C25H22N2O6/c1-3-32-19-12-6-16(7-13-19)23(29)21-22(20-5-4-14-33-20)27(25(31)24(21)30)18-10-8-17(9-11-18)26-15(2)28/h4-14,22,29H,3H2,1-2H3,(H,26,28)/b23-21-. The summed E-state index contributed by atoms with van der Waals surface area (Å²) in [4.78, 5) is 38.7. The van der Waals surface area contributed by atoms with Gasteiger partial charge < -0.3 is 19.6 Å². The highest BCUT2D eigenvalue weighted by Gasteiger charge is 2.48. The minimum absolute atomic E-state index is 0.0787. The van der Waals surface area contributed by atoms with Crippen LogP contribution in [0.25, 0.3) is 5.76 Å². The quantitative estimate of drug-likeness (QED) is 0.333. The van der Waals surface area contributed by atoms with Crippen molar-refractivity contribution in [1.29, 1.82) is 0 Å². The molecule has 2 aromatic carbocycles. The maximum Gasteiger partial charge on any atom is 0.300 e. The van der Waals surface area contributed by atoms with E-state index in [-0.39, 0.29) is 17.2 Å². The first-order valence-electron chi connectivity index (χ1n) is 10.4. The normalized spacial score (nSPS) is 17.3. The van der Waals surface area contributed by atoms with Crippen molar-refractivity contribution in [1.82, 2.24) is 0 Å². The lowest BCUT2D eigenvalue weighted by atomic mass is 9.99. The van der Waals surface area contributed by atoms with Gasteiger partial charge in [-0.3, -0.25) is 19.3 Å². The second-order valence-corrected chi connectivity index (χ2v) is 7.37. The number of aliphatic hydroxyl groups excluding tert-OH is 1. The molecule has 1 aliphatic heterocycles. The molecule has 1 atom stereocenters. The van der Waals surface area contributed by atoms with Crippen LogP contribution in [0.3, 0.4) is 0 Å². The molecule has 1 saturated heterocycles. The van der Waals surface area contributed by atoms with E-state index in [0.29, 0.717) is 35.1 Å². The molecule has 2 heterocycles. The van der Waals surface area contributed by atoms with E-state index in [1.54, 1.807) is 60.7 Å². The molecule has 33 heavy (non-hydrogen) atoms. The van der Waals surface area contributed by atoms with Gasteiger partial charge >= 0.3 is 0 Å². The Labute approximate surface area is 190 Å². The number of ketones is 1. The summed E-state index contributed by atoms with van der Waals surface area (Å²) in [6.07, 6.45) is 1.44. The van der Waals surface area contributed by atoms with Crippen LogP contribution in [0.15, 0.2) is 76.9 Å². The van der Waals surface area contributed by atoms with Crippen LogP contribution in [0.2, 0.25) is 0 Å². The predicted molar refractivity (Wildman–Crippen MR) is 122 cm³/mol. The first-order valence-corrected chi connectivity index (χ1v) is 10.4. The molecular weight excluding hydrogens is 424 g/mol. The number of nitrogens with zero attached hydrogens (tertiary/aromatic N) is 1. The molecule has 168 valence electrons. The molecule has 1 aromatic heterocycles. The van der Waals surface area contributed by atoms with Crippen molar-refractivity contribution in [2.45, 2.75) is 19.9 Å². The van der Waals surface area contributed by atoms with Crippen LogP contribution in [0.4, 0.5) is 11.4 Å². The average Bonchev–Trinajstić information content (AvgIpc) is 3.41. The molecule has 2 N–H and O–H groups in total. The fourth-order valence-corrected chi connectivity index (χ4v) is 3.75. The molecule has 0 saturated carbocycles. The number of hydrogen-bond acceptors (Lipinski definition) is 6. The molecule has 1 unspecified atom stereocenters. The maximum atomic E-state index is 13.1. The third kappa shape index (κ3) is 4.23. The molecule has 1 fully saturated rings. The Morgan fingerprint density at radius 3 is 2.36 bits per heavy atom. The smallest absolute Gasteiger partial charge is 0.300 e. The van der Waals surface area contributed by atoms with Crippen molar-refractivity contribution in [2.75, 3.05) is 16.8 Å². The maximum absolute atomic E-state index is 13.1. The third-order valence-electron chi connectivity index (χ3n) is 5.16. The predicted octanol–water partition coefficient (Wildman–Crippen LogP) is 4.26. The van der Waals surface area contributed by atoms with Crippen LogP contribution in [-0.2, 0) is 14.4 Å². The highest BCUT2D eigenvalue weighted by molar-refractivity contribution is 6.51. The summed E-state index contributed by atoms with van der Waals surface area (Å²) in [5, 5.41) is 13.7. The lowest BCUT2D eigenvalue weighted by molar-refractivity contribution is -0.132. The number of carbonyl (C=O) groups is 3. The van der Waals surface area contributed by atoms with Gasteiger partial charge in [-0.15, -0.1) is 0 Å². The first kappa shape index (κ1) is 21.9. The first-order chi connectivity index (χ1) is 15.9. The fraction of sp³-hybridized carbons (Fsp3) is 0.160. The second-order valence-electron chi connectivity index (χ2n) is 7.37. The van der Waals surface area contributed by atoms with Crippen molar-refractivity contribution in [2.24, 2.45) is 0 Å². The molecule has 8 nitrogen and oxygen atoms in total. The van der Waals surface area contributed by atoms with Crippen LogP contribution in [0.1, 0.15) is 31.2 Å². The average molecular weight is 446 g/mol. The van der Waals surface area contributed by atoms with Gasteiger partial charge in [0.05, 0.1) is 18.4 Å². The highest BCUT2D eigenvalue weighted by Crippen LogP contribution is 2.42. The number of furan rings is 1. The summed E-state index contributed by atoms with van der Waals surface area (Å²) in [7, 11) is 0. The van der Waals surface area contributed by atoms with E-state index in [2.05, 4.69) is 5.32 Å². The Balaban J connectivity index is 1.79. The SMILES string of the molecule is CCOc1ccc(/C(O)=C2/C(=O)C(=O)N(c3ccc(NC(C)=O)cc3)C2c2ccco2)cc1. The Kier molecular flexibility index (Phi) is 5.99. The number of aliphatic hydroxyl groups is 1. The van der Waals surface area contributed by atoms with Gasteiger partial charge in [0.2, 0.25) is 5.91 Å². The van der Waals surface area contributed by atoms with E-state index in [9.17, 15) is 19.5 Å². The van der Waals surface area contributed by atoms with Gasteiger partial charge in [-0.1, -0.05) is 0 Å². The lowest BCUT2D eigenvalue weighted by Gasteiger charge is -2.23. The summed E-state index contributed by atoms with van der Waals surface area (Å²) < 4.78 is 11.0. The number of Topliss-reactive ketones (excluding diaryl/α,β-unsaturated/α-hetero) is 1. The van der Waals surface area contributed by atoms with E-state index in [1.807, 2.05) is 6.92 Å². The second kappa shape index (κ2) is 9.04. The topological polar surface area (TPSA) is 109 Å². The van der Waals surface area contributed by atoms with E-state index >= 15 is 0 Å². The number of anilines is 2.